The van der Waals surface area contributed by atoms with Crippen molar-refractivity contribution in [3.63, 3.8) is 0 Å². The van der Waals surface area contributed by atoms with Gasteiger partial charge in [0.2, 0.25) is 6.69 Å². The number of hydrogen-bond donors (Lipinski definition) is 0. The van der Waals surface area contributed by atoms with Gasteiger partial charge in [-0.05, 0) is 19.1 Å². The third kappa shape index (κ3) is 7.18. The molecule has 0 fully saturated rings. The molecule has 0 aromatic carbocycles. The highest BCUT2D eigenvalue weighted by atomic mass is 35.7. The molecular formula is C9H25Cl2NSi3. The van der Waals surface area contributed by atoms with Crippen LogP contribution in [0.3, 0.4) is 0 Å². The van der Waals surface area contributed by atoms with E-state index >= 15 is 0 Å². The van der Waals surface area contributed by atoms with E-state index in [1.54, 1.807) is 0 Å². The molecule has 0 aliphatic rings. The zero-order valence-electron chi connectivity index (χ0n) is 11.1. The second-order valence-corrected chi connectivity index (χ2v) is 24.7. The van der Waals surface area contributed by atoms with Crippen molar-refractivity contribution in [1.29, 1.82) is 0 Å². The van der Waals surface area contributed by atoms with Crippen LogP contribution in [0.5, 0.6) is 0 Å². The standard InChI is InChI=1S/C9H25Cl2NSi3/c1-13(2,3)12(14(4,5)6)8-9-15(7,10)11/h8-9H2,1-7H3. The van der Waals surface area contributed by atoms with E-state index in [1.165, 1.54) is 0 Å². The van der Waals surface area contributed by atoms with Gasteiger partial charge in [-0.15, -0.1) is 22.2 Å². The second kappa shape index (κ2) is 5.23. The van der Waals surface area contributed by atoms with Gasteiger partial charge in [0.1, 0.15) is 16.5 Å². The summed E-state index contributed by atoms with van der Waals surface area (Å²) in [5.41, 5.74) is 0. The van der Waals surface area contributed by atoms with Gasteiger partial charge >= 0.3 is 0 Å². The molecule has 0 aromatic heterocycles. The van der Waals surface area contributed by atoms with Crippen molar-refractivity contribution >= 4 is 45.3 Å². The normalized spacial score (nSPS) is 14.8. The summed E-state index contributed by atoms with van der Waals surface area (Å²) in [7, 11) is -2.44. The van der Waals surface area contributed by atoms with E-state index in [1.807, 2.05) is 6.55 Å². The van der Waals surface area contributed by atoms with Crippen LogP contribution in [0.4, 0.5) is 0 Å². The minimum absolute atomic E-state index is 0.991. The molecule has 0 heterocycles. The van der Waals surface area contributed by atoms with Crippen LogP contribution in [0.2, 0.25) is 51.9 Å². The Morgan fingerprint density at radius 3 is 1.33 bits per heavy atom. The Hall–Kier alpha value is 1.19. The Kier molecular flexibility index (Phi) is 5.64. The lowest BCUT2D eigenvalue weighted by Crippen LogP contribution is -2.59. The zero-order chi connectivity index (χ0) is 12.5. The molecule has 15 heavy (non-hydrogen) atoms. The molecule has 0 aliphatic heterocycles. The molecule has 0 N–H and O–H groups in total. The van der Waals surface area contributed by atoms with Gasteiger partial charge in [-0.2, -0.15) is 0 Å². The van der Waals surface area contributed by atoms with Crippen molar-refractivity contribution in [2.75, 3.05) is 6.54 Å². The summed E-state index contributed by atoms with van der Waals surface area (Å²) in [6.45, 7) is 15.6. The molecule has 0 radical (unpaired) electrons. The molecule has 0 aromatic rings. The van der Waals surface area contributed by atoms with Gasteiger partial charge in [-0.3, -0.25) is 0 Å². The summed E-state index contributed by atoms with van der Waals surface area (Å²) in [4.78, 5) is 0. The first kappa shape index (κ1) is 16.2. The Balaban J connectivity index is 4.56. The van der Waals surface area contributed by atoms with Crippen LogP contribution < -0.4 is 0 Å². The van der Waals surface area contributed by atoms with Crippen molar-refractivity contribution in [3.05, 3.63) is 0 Å². The highest BCUT2D eigenvalue weighted by Gasteiger charge is 2.35. The number of hydrogen-bond acceptors (Lipinski definition) is 1. The molecule has 92 valence electrons. The van der Waals surface area contributed by atoms with Crippen LogP contribution in [-0.2, 0) is 0 Å². The van der Waals surface area contributed by atoms with E-state index in [0.717, 1.165) is 12.6 Å². The quantitative estimate of drug-likeness (QED) is 0.533. The third-order valence-electron chi connectivity index (χ3n) is 2.39. The smallest absolute Gasteiger partial charge is 0.249 e. The van der Waals surface area contributed by atoms with Crippen molar-refractivity contribution in [2.24, 2.45) is 0 Å². The fourth-order valence-electron chi connectivity index (χ4n) is 1.99. The molecular weight excluding hydrogens is 277 g/mol. The lowest BCUT2D eigenvalue weighted by atomic mass is 10.8. The molecule has 0 saturated carbocycles. The van der Waals surface area contributed by atoms with Crippen LogP contribution in [0.1, 0.15) is 0 Å². The lowest BCUT2D eigenvalue weighted by molar-refractivity contribution is 0.648. The summed E-state index contributed by atoms with van der Waals surface area (Å²) in [6, 6.07) is 0.991. The highest BCUT2D eigenvalue weighted by Crippen LogP contribution is 2.25. The SMILES string of the molecule is C[Si](Cl)(Cl)CCN([Si](C)(C)C)[Si](C)(C)C. The number of rotatable bonds is 5. The van der Waals surface area contributed by atoms with Gasteiger partial charge in [0.15, 0.2) is 0 Å². The predicted octanol–water partition coefficient (Wildman–Crippen LogP) is 4.51. The van der Waals surface area contributed by atoms with Crippen LogP contribution in [0.25, 0.3) is 0 Å². The first-order valence-electron chi connectivity index (χ1n) is 5.49. The van der Waals surface area contributed by atoms with Crippen molar-refractivity contribution in [2.45, 2.75) is 51.9 Å². The number of nitrogens with zero attached hydrogens (tertiary/aromatic N) is 1. The highest BCUT2D eigenvalue weighted by molar-refractivity contribution is 7.44. The van der Waals surface area contributed by atoms with E-state index in [9.17, 15) is 0 Å². The molecule has 0 spiro atoms. The largest absolute Gasteiger partial charge is 0.346 e. The topological polar surface area (TPSA) is 3.24 Å². The second-order valence-electron chi connectivity index (χ2n) is 6.31. The zero-order valence-corrected chi connectivity index (χ0v) is 15.6. The maximum absolute atomic E-state index is 6.19. The summed E-state index contributed by atoms with van der Waals surface area (Å²) < 4.78 is 2.75. The maximum atomic E-state index is 6.19. The van der Waals surface area contributed by atoms with Gasteiger partial charge < -0.3 is 4.23 Å². The van der Waals surface area contributed by atoms with E-state index in [-0.39, 0.29) is 0 Å². The Morgan fingerprint density at radius 2 is 1.13 bits per heavy atom. The summed E-state index contributed by atoms with van der Waals surface area (Å²) >= 11 is 12.4. The first-order valence-corrected chi connectivity index (χ1v) is 17.1. The molecule has 0 atom stereocenters. The summed E-state index contributed by atoms with van der Waals surface area (Å²) in [5, 5.41) is 0. The molecule has 0 rings (SSSR count). The molecule has 0 unspecified atom stereocenters. The van der Waals surface area contributed by atoms with Gasteiger partial charge in [0, 0.05) is 0 Å². The van der Waals surface area contributed by atoms with Gasteiger partial charge in [0.25, 0.3) is 0 Å². The predicted molar refractivity (Wildman–Crippen MR) is 81.5 cm³/mol. The van der Waals surface area contributed by atoms with Crippen LogP contribution in [0, 0.1) is 0 Å². The van der Waals surface area contributed by atoms with Crippen LogP contribution in [-0.4, -0.2) is 33.9 Å². The van der Waals surface area contributed by atoms with Crippen molar-refractivity contribution in [3.8, 4) is 0 Å². The third-order valence-corrected chi connectivity index (χ3v) is 12.3. The lowest BCUT2D eigenvalue weighted by Gasteiger charge is -2.44. The Morgan fingerprint density at radius 1 is 0.800 bits per heavy atom. The molecule has 6 heteroatoms. The minimum Gasteiger partial charge on any atom is -0.346 e. The van der Waals surface area contributed by atoms with E-state index < -0.39 is 23.2 Å². The first-order chi connectivity index (χ1) is 6.34. The molecule has 0 saturated heterocycles. The molecule has 1 nitrogen and oxygen atoms in total. The number of halogens is 2. The monoisotopic (exact) mass is 301 g/mol. The summed E-state index contributed by atoms with van der Waals surface area (Å²) in [5.74, 6) is 0. The fourth-order valence-corrected chi connectivity index (χ4v) is 13.2. The minimum atomic E-state index is -1.93. The van der Waals surface area contributed by atoms with E-state index in [4.69, 9.17) is 22.2 Å². The fraction of sp³-hybridized carbons (Fsp3) is 1.00. The van der Waals surface area contributed by atoms with Crippen molar-refractivity contribution in [1.82, 2.24) is 4.23 Å². The molecule has 0 amide bonds. The maximum Gasteiger partial charge on any atom is 0.249 e. The van der Waals surface area contributed by atoms with E-state index in [0.29, 0.717) is 0 Å². The summed E-state index contributed by atoms with van der Waals surface area (Å²) in [6.07, 6.45) is 0. The molecule has 0 bridgehead atoms. The molecule has 0 aliphatic carbocycles. The Bertz CT molecular complexity index is 189. The van der Waals surface area contributed by atoms with Crippen LogP contribution >= 0.6 is 22.2 Å². The van der Waals surface area contributed by atoms with E-state index in [2.05, 4.69) is 43.5 Å². The average Bonchev–Trinajstić information content (AvgIpc) is 1.75. The average molecular weight is 302 g/mol. The van der Waals surface area contributed by atoms with Gasteiger partial charge in [0.05, 0.1) is 0 Å². The van der Waals surface area contributed by atoms with Crippen molar-refractivity contribution < 1.29 is 0 Å². The van der Waals surface area contributed by atoms with Gasteiger partial charge in [-0.25, -0.2) is 0 Å². The Labute approximate surface area is 108 Å². The van der Waals surface area contributed by atoms with Crippen LogP contribution in [0.15, 0.2) is 0 Å². The van der Waals surface area contributed by atoms with Gasteiger partial charge in [-0.1, -0.05) is 39.3 Å².